The van der Waals surface area contributed by atoms with Gasteiger partial charge in [0.2, 0.25) is 0 Å². The van der Waals surface area contributed by atoms with Gasteiger partial charge in [-0.15, -0.1) is 5.10 Å². The first kappa shape index (κ1) is 17.3. The zero-order chi connectivity index (χ0) is 18.4. The number of nitrogens with one attached hydrogen (secondary N) is 1. The summed E-state index contributed by atoms with van der Waals surface area (Å²) in [5.41, 5.74) is 3.85. The van der Waals surface area contributed by atoms with Crippen LogP contribution in [0.2, 0.25) is 0 Å². The van der Waals surface area contributed by atoms with Crippen LogP contribution >= 0.6 is 27.7 Å². The molecule has 26 heavy (non-hydrogen) atoms. The Bertz CT molecular complexity index is 1080. The molecule has 2 aliphatic heterocycles. The molecule has 0 saturated carbocycles. The number of fused-ring (bicyclic) bond motifs is 2. The van der Waals surface area contributed by atoms with Crippen LogP contribution in [-0.2, 0) is 4.79 Å². The third-order valence-corrected chi connectivity index (χ3v) is 5.54. The van der Waals surface area contributed by atoms with Gasteiger partial charge in [0.25, 0.3) is 5.91 Å². The molecule has 0 spiro atoms. The largest absolute Gasteiger partial charge is 0.298 e. The quantitative estimate of drug-likeness (QED) is 0.759. The van der Waals surface area contributed by atoms with Crippen LogP contribution in [0.3, 0.4) is 0 Å². The molecule has 2 heterocycles. The van der Waals surface area contributed by atoms with Crippen molar-refractivity contribution in [1.29, 1.82) is 0 Å². The summed E-state index contributed by atoms with van der Waals surface area (Å²) < 4.78 is 0.900. The summed E-state index contributed by atoms with van der Waals surface area (Å²) in [6.45, 7) is 4.12. The van der Waals surface area contributed by atoms with E-state index in [0.717, 1.165) is 31.7 Å². The number of thioether (sulfide) groups is 1. The van der Waals surface area contributed by atoms with Crippen LogP contribution in [0.5, 0.6) is 0 Å². The van der Waals surface area contributed by atoms with Crippen molar-refractivity contribution in [3.05, 3.63) is 68.1 Å². The van der Waals surface area contributed by atoms with Gasteiger partial charge >= 0.3 is 0 Å². The first-order valence-electron chi connectivity index (χ1n) is 8.16. The Kier molecular flexibility index (Phi) is 4.36. The molecule has 1 N–H and O–H groups in total. The minimum Gasteiger partial charge on any atom is -0.298 e. The van der Waals surface area contributed by atoms with Crippen LogP contribution < -0.4 is 15.9 Å². The number of aryl methyl sites for hydroxylation is 2. The fourth-order valence-electron chi connectivity index (χ4n) is 3.18. The van der Waals surface area contributed by atoms with Crippen LogP contribution in [0, 0.1) is 13.8 Å². The van der Waals surface area contributed by atoms with Gasteiger partial charge in [0.1, 0.15) is 5.70 Å². The first-order chi connectivity index (χ1) is 12.5. The maximum atomic E-state index is 12.9. The number of halogens is 1. The summed E-state index contributed by atoms with van der Waals surface area (Å²) in [5.74, 6) is -0.158. The fourth-order valence-corrected chi connectivity index (χ4v) is 3.91. The Morgan fingerprint density at radius 3 is 2.77 bits per heavy atom. The second-order valence-electron chi connectivity index (χ2n) is 6.28. The van der Waals surface area contributed by atoms with E-state index >= 15 is 0 Å². The topological polar surface area (TPSA) is 57.1 Å². The number of hydrazone groups is 1. The summed E-state index contributed by atoms with van der Waals surface area (Å²) in [7, 11) is 0. The summed E-state index contributed by atoms with van der Waals surface area (Å²) in [4.78, 5) is 17.8. The van der Waals surface area contributed by atoms with E-state index in [4.69, 9.17) is 4.99 Å². The fraction of sp³-hybridized carbons (Fsp3) is 0.211. The van der Waals surface area contributed by atoms with E-state index in [9.17, 15) is 4.79 Å². The van der Waals surface area contributed by atoms with Crippen molar-refractivity contribution in [2.45, 2.75) is 20.0 Å². The van der Waals surface area contributed by atoms with E-state index in [1.54, 1.807) is 5.01 Å². The van der Waals surface area contributed by atoms with Gasteiger partial charge in [0, 0.05) is 15.3 Å². The van der Waals surface area contributed by atoms with Crippen molar-refractivity contribution < 1.29 is 4.79 Å². The molecule has 2 aliphatic rings. The Hall–Kier alpha value is -2.12. The lowest BCUT2D eigenvalue weighted by Crippen LogP contribution is -2.50. The van der Waals surface area contributed by atoms with E-state index < -0.39 is 0 Å². The van der Waals surface area contributed by atoms with Crippen molar-refractivity contribution in [3.8, 4) is 0 Å². The number of amides is 1. The van der Waals surface area contributed by atoms with Crippen molar-refractivity contribution in [3.63, 3.8) is 0 Å². The Balaban J connectivity index is 2.04. The molecular weight excluding hydrogens is 412 g/mol. The van der Waals surface area contributed by atoms with Crippen LogP contribution in [0.15, 0.2) is 51.0 Å². The monoisotopic (exact) mass is 428 g/mol. The highest BCUT2D eigenvalue weighted by Crippen LogP contribution is 2.32. The summed E-state index contributed by atoms with van der Waals surface area (Å²) in [6, 6.07) is 12.1. The average molecular weight is 429 g/mol. The molecule has 2 aromatic rings. The van der Waals surface area contributed by atoms with Crippen molar-refractivity contribution >= 4 is 44.5 Å². The minimum atomic E-state index is -0.369. The number of carbonyl (C=O) groups excluding carboxylic acids is 1. The van der Waals surface area contributed by atoms with Gasteiger partial charge in [-0.2, -0.15) is 0 Å². The smallest absolute Gasteiger partial charge is 0.276 e. The van der Waals surface area contributed by atoms with Crippen LogP contribution in [-0.4, -0.2) is 22.3 Å². The van der Waals surface area contributed by atoms with Gasteiger partial charge in [-0.3, -0.25) is 15.1 Å². The van der Waals surface area contributed by atoms with E-state index in [1.807, 2.05) is 24.5 Å². The molecule has 1 amide bonds. The second-order valence-corrected chi connectivity index (χ2v) is 7.99. The molecule has 132 valence electrons. The van der Waals surface area contributed by atoms with E-state index in [2.05, 4.69) is 58.4 Å². The van der Waals surface area contributed by atoms with Crippen molar-refractivity contribution in [1.82, 2.24) is 10.3 Å². The summed E-state index contributed by atoms with van der Waals surface area (Å²) >= 11 is 4.89. The SMILES string of the molecule is CSC1=NN2C(=c3cc(Br)ccc3=N[C@H]2c2cc(C)ccc2C)C(=O)N1. The number of amidine groups is 1. The number of nitrogens with zero attached hydrogens (tertiary/aromatic N) is 3. The first-order valence-corrected chi connectivity index (χ1v) is 10.2. The molecule has 0 aromatic heterocycles. The van der Waals surface area contributed by atoms with Crippen molar-refractivity contribution in [2.75, 3.05) is 6.26 Å². The molecule has 7 heteroatoms. The Morgan fingerprint density at radius 1 is 1.19 bits per heavy atom. The molecule has 0 fully saturated rings. The van der Waals surface area contributed by atoms with Gasteiger partial charge in [-0.25, -0.2) is 5.01 Å². The van der Waals surface area contributed by atoms with Crippen LogP contribution in [0.4, 0.5) is 0 Å². The van der Waals surface area contributed by atoms with Crippen LogP contribution in [0.25, 0.3) is 5.70 Å². The van der Waals surface area contributed by atoms with E-state index in [1.165, 1.54) is 11.8 Å². The third-order valence-electron chi connectivity index (χ3n) is 4.48. The maximum absolute atomic E-state index is 12.9. The lowest BCUT2D eigenvalue weighted by atomic mass is 10.0. The standard InChI is InChI=1S/C19H17BrN4OS/c1-10-4-5-11(2)13(8-10)17-21-15-7-6-12(20)9-14(15)16-18(25)22-19(26-3)23-24(16)17/h4-9,17H,1-3H3,(H,22,23,25)/t17-/m1/s1. The predicted octanol–water partition coefficient (Wildman–Crippen LogP) is 2.57. The number of benzene rings is 2. The lowest BCUT2D eigenvalue weighted by Gasteiger charge is -2.34. The minimum absolute atomic E-state index is 0.158. The molecule has 0 aliphatic carbocycles. The second kappa shape index (κ2) is 6.55. The number of hydrogen-bond acceptors (Lipinski definition) is 5. The molecule has 1 atom stereocenters. The summed E-state index contributed by atoms with van der Waals surface area (Å²) in [6.07, 6.45) is 1.52. The molecular formula is C19H17BrN4OS. The Labute approximate surface area is 164 Å². The molecule has 5 nitrogen and oxygen atoms in total. The average Bonchev–Trinajstić information content (AvgIpc) is 2.62. The van der Waals surface area contributed by atoms with Gasteiger partial charge in [-0.1, -0.05) is 51.5 Å². The maximum Gasteiger partial charge on any atom is 0.276 e. The highest BCUT2D eigenvalue weighted by Gasteiger charge is 2.34. The third kappa shape index (κ3) is 2.85. The van der Waals surface area contributed by atoms with Crippen LogP contribution in [0.1, 0.15) is 22.9 Å². The number of rotatable bonds is 1. The van der Waals surface area contributed by atoms with E-state index in [0.29, 0.717) is 10.9 Å². The highest BCUT2D eigenvalue weighted by molar-refractivity contribution is 9.10. The molecule has 0 unspecified atom stereocenters. The van der Waals surface area contributed by atoms with Gasteiger partial charge in [-0.05, 0) is 43.9 Å². The van der Waals surface area contributed by atoms with Gasteiger partial charge in [0.15, 0.2) is 11.3 Å². The number of carbonyl (C=O) groups is 1. The molecule has 4 rings (SSSR count). The summed E-state index contributed by atoms with van der Waals surface area (Å²) in [5, 5.41) is 11.4. The number of hydrogen-bond donors (Lipinski definition) is 1. The lowest BCUT2D eigenvalue weighted by molar-refractivity contribution is -0.116. The molecule has 0 bridgehead atoms. The molecule has 0 radical (unpaired) electrons. The van der Waals surface area contributed by atoms with Gasteiger partial charge < -0.3 is 0 Å². The molecule has 0 saturated heterocycles. The zero-order valence-electron chi connectivity index (χ0n) is 14.6. The Morgan fingerprint density at radius 2 is 2.00 bits per heavy atom. The highest BCUT2D eigenvalue weighted by atomic mass is 79.9. The van der Waals surface area contributed by atoms with Crippen molar-refractivity contribution in [2.24, 2.45) is 10.1 Å². The van der Waals surface area contributed by atoms with Gasteiger partial charge in [0.05, 0.1) is 5.36 Å². The normalized spacial score (nSPS) is 18.5. The predicted molar refractivity (Wildman–Crippen MR) is 108 cm³/mol. The zero-order valence-corrected chi connectivity index (χ0v) is 17.0. The molecule has 2 aromatic carbocycles. The van der Waals surface area contributed by atoms with E-state index in [-0.39, 0.29) is 12.1 Å².